The lowest BCUT2D eigenvalue weighted by Gasteiger charge is -2.31. The summed E-state index contributed by atoms with van der Waals surface area (Å²) < 4.78 is 50.7. The standard InChI is InChI=1S/C21H24BN3O8S/c1-12-5-7-16(13-6-8-17(33-22(26)27)18(9-13)31-3)23-25(12)21-15-10-14(30-2)11-19(32-4)20(15)34(28,29)24-21/h6,8-12,26-27H,5,7H2,1-4H3. The van der Waals surface area contributed by atoms with Crippen molar-refractivity contribution in [1.29, 1.82) is 0 Å². The van der Waals surface area contributed by atoms with Crippen molar-refractivity contribution in [3.63, 3.8) is 0 Å². The third-order valence-corrected chi connectivity index (χ3v) is 6.93. The van der Waals surface area contributed by atoms with Crippen LogP contribution in [0.2, 0.25) is 0 Å². The Kier molecular flexibility index (Phi) is 6.43. The predicted octanol–water partition coefficient (Wildman–Crippen LogP) is 1.40. The van der Waals surface area contributed by atoms with E-state index in [1.54, 1.807) is 29.3 Å². The maximum Gasteiger partial charge on any atom is 0.707 e. The average Bonchev–Trinajstić information content (AvgIpc) is 3.09. The van der Waals surface area contributed by atoms with E-state index >= 15 is 0 Å². The van der Waals surface area contributed by atoms with Gasteiger partial charge in [0.15, 0.2) is 11.6 Å². The molecule has 0 fully saturated rings. The number of ether oxygens (including phenoxy) is 3. The average molecular weight is 489 g/mol. The zero-order valence-electron chi connectivity index (χ0n) is 19.0. The minimum atomic E-state index is -3.99. The molecule has 1 atom stereocenters. The Morgan fingerprint density at radius 3 is 2.41 bits per heavy atom. The second-order valence-corrected chi connectivity index (χ2v) is 9.23. The van der Waals surface area contributed by atoms with E-state index in [0.717, 1.165) is 0 Å². The fourth-order valence-electron chi connectivity index (χ4n) is 3.92. The monoisotopic (exact) mass is 489 g/mol. The van der Waals surface area contributed by atoms with Crippen LogP contribution in [0, 0.1) is 0 Å². The Morgan fingerprint density at radius 1 is 1.03 bits per heavy atom. The highest BCUT2D eigenvalue weighted by Crippen LogP contribution is 2.40. The van der Waals surface area contributed by atoms with E-state index in [-0.39, 0.29) is 28.3 Å². The van der Waals surface area contributed by atoms with Crippen LogP contribution in [0.4, 0.5) is 0 Å². The first kappa shape index (κ1) is 23.9. The number of methoxy groups -OCH3 is 3. The smallest absolute Gasteiger partial charge is 0.509 e. The number of nitrogens with zero attached hydrogens (tertiary/aromatic N) is 3. The molecule has 2 aromatic rings. The summed E-state index contributed by atoms with van der Waals surface area (Å²) in [5.41, 5.74) is 1.74. The minimum absolute atomic E-state index is 0.0222. The molecule has 0 saturated heterocycles. The van der Waals surface area contributed by atoms with Gasteiger partial charge in [-0.1, -0.05) is 0 Å². The second-order valence-electron chi connectivity index (χ2n) is 7.69. The van der Waals surface area contributed by atoms with Gasteiger partial charge in [0.2, 0.25) is 0 Å². The molecule has 13 heteroatoms. The van der Waals surface area contributed by atoms with E-state index in [2.05, 4.69) is 4.40 Å². The number of sulfonamides is 1. The van der Waals surface area contributed by atoms with Gasteiger partial charge in [-0.15, -0.1) is 4.40 Å². The molecule has 11 nitrogen and oxygen atoms in total. The number of fused-ring (bicyclic) bond motifs is 1. The van der Waals surface area contributed by atoms with Crippen molar-refractivity contribution >= 4 is 28.9 Å². The summed E-state index contributed by atoms with van der Waals surface area (Å²) in [5.74, 6) is 1.21. The van der Waals surface area contributed by atoms with Crippen LogP contribution >= 0.6 is 0 Å². The third kappa shape index (κ3) is 4.29. The van der Waals surface area contributed by atoms with Crippen LogP contribution in [-0.2, 0) is 10.0 Å². The minimum Gasteiger partial charge on any atom is -0.509 e. The SMILES string of the molecule is COc1cc(OC)c2c(c1)C(N1N=C(c3ccc(OB(O)O)c(OC)c3)CCC1C)=NS2(=O)=O. The van der Waals surface area contributed by atoms with Gasteiger partial charge in [-0.3, -0.25) is 0 Å². The maximum absolute atomic E-state index is 12.9. The van der Waals surface area contributed by atoms with Crippen LogP contribution in [-0.4, -0.2) is 69.7 Å². The summed E-state index contributed by atoms with van der Waals surface area (Å²) in [6, 6.07) is 7.89. The van der Waals surface area contributed by atoms with Crippen molar-refractivity contribution in [3.8, 4) is 23.0 Å². The molecule has 2 N–H and O–H groups in total. The molecular weight excluding hydrogens is 465 g/mol. The summed E-state index contributed by atoms with van der Waals surface area (Å²) in [4.78, 5) is -0.0222. The van der Waals surface area contributed by atoms with Gasteiger partial charge >= 0.3 is 7.32 Å². The van der Waals surface area contributed by atoms with Crippen LogP contribution in [0.3, 0.4) is 0 Å². The fourth-order valence-corrected chi connectivity index (χ4v) is 5.24. The van der Waals surface area contributed by atoms with Crippen LogP contribution in [0.25, 0.3) is 0 Å². The van der Waals surface area contributed by atoms with Crippen LogP contribution in [0.1, 0.15) is 30.9 Å². The molecular formula is C21H24BN3O8S. The van der Waals surface area contributed by atoms with Crippen molar-refractivity contribution in [2.75, 3.05) is 21.3 Å². The Labute approximate surface area is 197 Å². The zero-order chi connectivity index (χ0) is 24.6. The molecule has 0 bridgehead atoms. The first-order valence-electron chi connectivity index (χ1n) is 10.4. The number of hydrogen-bond donors (Lipinski definition) is 2. The van der Waals surface area contributed by atoms with Gasteiger partial charge < -0.3 is 28.9 Å². The van der Waals surface area contributed by atoms with Crippen LogP contribution < -0.4 is 18.9 Å². The normalized spacial score (nSPS) is 18.5. The number of rotatable bonds is 6. The van der Waals surface area contributed by atoms with E-state index < -0.39 is 17.3 Å². The van der Waals surface area contributed by atoms with Gasteiger partial charge in [-0.2, -0.15) is 13.5 Å². The van der Waals surface area contributed by atoms with Crippen LogP contribution in [0.15, 0.2) is 44.7 Å². The highest BCUT2D eigenvalue weighted by molar-refractivity contribution is 7.90. The highest BCUT2D eigenvalue weighted by Gasteiger charge is 2.38. The molecule has 0 aromatic heterocycles. The summed E-state index contributed by atoms with van der Waals surface area (Å²) in [7, 11) is -1.67. The van der Waals surface area contributed by atoms with Gasteiger partial charge in [0.05, 0.1) is 33.1 Å². The van der Waals surface area contributed by atoms with Gasteiger partial charge in [0.1, 0.15) is 22.1 Å². The summed E-state index contributed by atoms with van der Waals surface area (Å²) in [6.07, 6.45) is 1.31. The lowest BCUT2D eigenvalue weighted by molar-refractivity contribution is 0.279. The number of benzene rings is 2. The van der Waals surface area contributed by atoms with E-state index in [9.17, 15) is 8.42 Å². The summed E-state index contributed by atoms with van der Waals surface area (Å²) in [6.45, 7) is 1.94. The molecule has 2 aliphatic rings. The van der Waals surface area contributed by atoms with Gasteiger partial charge in [-0.25, -0.2) is 5.01 Å². The lowest BCUT2D eigenvalue weighted by atomic mass is 10.00. The summed E-state index contributed by atoms with van der Waals surface area (Å²) >= 11 is 0. The van der Waals surface area contributed by atoms with E-state index in [1.807, 2.05) is 6.92 Å². The largest absolute Gasteiger partial charge is 0.707 e. The Hall–Kier alpha value is -3.29. The molecule has 0 spiro atoms. The molecule has 34 heavy (non-hydrogen) atoms. The van der Waals surface area contributed by atoms with Crippen molar-refractivity contribution in [1.82, 2.24) is 5.01 Å². The molecule has 0 radical (unpaired) electrons. The zero-order valence-corrected chi connectivity index (χ0v) is 19.9. The second kappa shape index (κ2) is 9.16. The molecule has 180 valence electrons. The van der Waals surface area contributed by atoms with Gasteiger partial charge in [0, 0.05) is 17.2 Å². The number of amidine groups is 1. The predicted molar refractivity (Wildman–Crippen MR) is 124 cm³/mol. The van der Waals surface area contributed by atoms with E-state index in [4.69, 9.17) is 34.0 Å². The maximum atomic E-state index is 12.9. The number of hydrazone groups is 1. The first-order valence-corrected chi connectivity index (χ1v) is 11.8. The Bertz CT molecular complexity index is 1280. The fraction of sp³-hybridized carbons (Fsp3) is 0.333. The molecule has 0 aliphatic carbocycles. The molecule has 2 heterocycles. The Morgan fingerprint density at radius 2 is 1.76 bits per heavy atom. The van der Waals surface area contributed by atoms with Crippen molar-refractivity contribution in [2.24, 2.45) is 9.50 Å². The molecule has 2 aliphatic heterocycles. The number of hydrogen-bond acceptors (Lipinski definition) is 10. The highest BCUT2D eigenvalue weighted by atomic mass is 32.2. The van der Waals surface area contributed by atoms with Crippen LogP contribution in [0.5, 0.6) is 23.0 Å². The third-order valence-electron chi connectivity index (χ3n) is 5.58. The van der Waals surface area contributed by atoms with Crippen molar-refractivity contribution < 1.29 is 37.3 Å². The van der Waals surface area contributed by atoms with E-state index in [1.165, 1.54) is 27.4 Å². The molecule has 4 rings (SSSR count). The summed E-state index contributed by atoms with van der Waals surface area (Å²) in [5, 5.41) is 24.5. The van der Waals surface area contributed by atoms with Crippen molar-refractivity contribution in [3.05, 3.63) is 41.5 Å². The molecule has 0 saturated carbocycles. The van der Waals surface area contributed by atoms with Gasteiger partial charge in [-0.05, 0) is 44.0 Å². The first-order chi connectivity index (χ1) is 16.2. The molecule has 1 unspecified atom stereocenters. The van der Waals surface area contributed by atoms with Gasteiger partial charge in [0.25, 0.3) is 10.0 Å². The Balaban J connectivity index is 1.78. The quantitative estimate of drug-likeness (QED) is 0.577. The van der Waals surface area contributed by atoms with E-state index in [0.29, 0.717) is 41.2 Å². The topological polar surface area (TPSA) is 139 Å². The van der Waals surface area contributed by atoms with Crippen molar-refractivity contribution in [2.45, 2.75) is 30.7 Å². The molecule has 0 amide bonds. The lowest BCUT2D eigenvalue weighted by Crippen LogP contribution is -2.38. The molecule has 2 aromatic carbocycles.